The maximum atomic E-state index is 12.9. The van der Waals surface area contributed by atoms with Gasteiger partial charge in [0.2, 0.25) is 0 Å². The Labute approximate surface area is 156 Å². The molecule has 1 heterocycles. The predicted molar refractivity (Wildman–Crippen MR) is 101 cm³/mol. The topological polar surface area (TPSA) is 72.5 Å². The van der Waals surface area contributed by atoms with E-state index in [1.54, 1.807) is 48.7 Å². The van der Waals surface area contributed by atoms with Crippen LogP contribution in [0.25, 0.3) is 0 Å². The molecule has 0 atom stereocenters. The second-order valence-corrected chi connectivity index (χ2v) is 5.62. The number of methoxy groups -OCH3 is 2. The van der Waals surface area contributed by atoms with Gasteiger partial charge >= 0.3 is 0 Å². The molecule has 0 aliphatic rings. The molecule has 6 nitrogen and oxygen atoms in total. The van der Waals surface area contributed by atoms with E-state index in [-0.39, 0.29) is 11.7 Å². The van der Waals surface area contributed by atoms with Crippen molar-refractivity contribution in [2.45, 2.75) is 0 Å². The quantitative estimate of drug-likeness (QED) is 0.682. The normalized spacial score (nSPS) is 10.2. The Bertz CT molecular complexity index is 906. The van der Waals surface area contributed by atoms with Crippen molar-refractivity contribution in [3.63, 3.8) is 0 Å². The molecule has 2 aromatic carbocycles. The van der Waals surface area contributed by atoms with Crippen LogP contribution in [0.2, 0.25) is 0 Å². The van der Waals surface area contributed by atoms with Crippen LogP contribution in [0, 0.1) is 5.82 Å². The highest BCUT2D eigenvalue weighted by molar-refractivity contribution is 6.04. The zero-order valence-corrected chi connectivity index (χ0v) is 14.8. The first-order valence-electron chi connectivity index (χ1n) is 8.10. The Hall–Kier alpha value is -3.61. The second kappa shape index (κ2) is 8.18. The third-order valence-corrected chi connectivity index (χ3v) is 3.75. The Morgan fingerprint density at radius 3 is 2.11 bits per heavy atom. The molecule has 0 saturated heterocycles. The molecule has 0 aliphatic heterocycles. The minimum Gasteiger partial charge on any atom is -0.497 e. The number of hydrogen-bond acceptors (Lipinski definition) is 5. The van der Waals surface area contributed by atoms with E-state index in [1.807, 2.05) is 0 Å². The van der Waals surface area contributed by atoms with Crippen molar-refractivity contribution in [3.05, 3.63) is 72.2 Å². The third-order valence-electron chi connectivity index (χ3n) is 3.75. The first kappa shape index (κ1) is 18.2. The molecule has 0 radical (unpaired) electrons. The van der Waals surface area contributed by atoms with E-state index in [2.05, 4.69) is 15.6 Å². The van der Waals surface area contributed by atoms with Crippen molar-refractivity contribution in [2.75, 3.05) is 24.9 Å². The lowest BCUT2D eigenvalue weighted by Crippen LogP contribution is -2.13. The number of carbonyl (C=O) groups excluding carboxylic acids is 1. The van der Waals surface area contributed by atoms with Gasteiger partial charge in [-0.05, 0) is 48.5 Å². The van der Waals surface area contributed by atoms with Gasteiger partial charge in [0.15, 0.2) is 0 Å². The summed E-state index contributed by atoms with van der Waals surface area (Å²) >= 11 is 0. The van der Waals surface area contributed by atoms with Crippen LogP contribution < -0.4 is 20.1 Å². The third kappa shape index (κ3) is 4.72. The highest BCUT2D eigenvalue weighted by Gasteiger charge is 2.11. The van der Waals surface area contributed by atoms with Crippen LogP contribution >= 0.6 is 0 Å². The van der Waals surface area contributed by atoms with E-state index in [0.717, 1.165) is 5.69 Å². The van der Waals surface area contributed by atoms with E-state index < -0.39 is 0 Å². The summed E-state index contributed by atoms with van der Waals surface area (Å²) in [6.07, 6.45) is 1.57. The van der Waals surface area contributed by atoms with Crippen molar-refractivity contribution in [1.82, 2.24) is 4.98 Å². The molecule has 0 bridgehead atoms. The summed E-state index contributed by atoms with van der Waals surface area (Å²) in [6, 6.07) is 14.3. The van der Waals surface area contributed by atoms with E-state index in [0.29, 0.717) is 28.6 Å². The summed E-state index contributed by atoms with van der Waals surface area (Å²) in [4.78, 5) is 16.7. The van der Waals surface area contributed by atoms with Gasteiger partial charge in [0.05, 0.1) is 26.1 Å². The number of anilines is 3. The Balaban J connectivity index is 1.69. The van der Waals surface area contributed by atoms with Crippen LogP contribution in [-0.4, -0.2) is 25.1 Å². The fourth-order valence-corrected chi connectivity index (χ4v) is 2.37. The largest absolute Gasteiger partial charge is 0.497 e. The lowest BCUT2D eigenvalue weighted by atomic mass is 10.2. The van der Waals surface area contributed by atoms with E-state index >= 15 is 0 Å². The fourth-order valence-electron chi connectivity index (χ4n) is 2.37. The average molecular weight is 367 g/mol. The van der Waals surface area contributed by atoms with Crippen LogP contribution in [0.5, 0.6) is 11.5 Å². The summed E-state index contributed by atoms with van der Waals surface area (Å²) in [7, 11) is 3.04. The minimum atomic E-state index is -0.334. The second-order valence-electron chi connectivity index (χ2n) is 5.62. The Morgan fingerprint density at radius 1 is 0.926 bits per heavy atom. The van der Waals surface area contributed by atoms with Crippen LogP contribution in [0.15, 0.2) is 60.8 Å². The molecule has 138 valence electrons. The lowest BCUT2D eigenvalue weighted by Gasteiger charge is -2.10. The zero-order chi connectivity index (χ0) is 19.2. The number of halogens is 1. The molecule has 2 N–H and O–H groups in total. The van der Waals surface area contributed by atoms with Crippen LogP contribution in [0.1, 0.15) is 10.4 Å². The van der Waals surface area contributed by atoms with Crippen LogP contribution in [0.4, 0.5) is 21.6 Å². The summed E-state index contributed by atoms with van der Waals surface area (Å²) in [6.45, 7) is 0. The van der Waals surface area contributed by atoms with Gasteiger partial charge in [-0.2, -0.15) is 0 Å². The van der Waals surface area contributed by atoms with Crippen molar-refractivity contribution >= 4 is 23.1 Å². The van der Waals surface area contributed by atoms with E-state index in [4.69, 9.17) is 9.47 Å². The monoisotopic (exact) mass is 367 g/mol. The Kier molecular flexibility index (Phi) is 5.51. The Morgan fingerprint density at radius 2 is 1.56 bits per heavy atom. The molecular formula is C20H18FN3O3. The van der Waals surface area contributed by atoms with E-state index in [1.165, 1.54) is 26.4 Å². The highest BCUT2D eigenvalue weighted by atomic mass is 19.1. The van der Waals surface area contributed by atoms with Gasteiger partial charge in [-0.1, -0.05) is 0 Å². The summed E-state index contributed by atoms with van der Waals surface area (Å²) in [5.41, 5.74) is 1.84. The number of benzene rings is 2. The maximum absolute atomic E-state index is 12.9. The molecule has 0 saturated carbocycles. The van der Waals surface area contributed by atoms with Gasteiger partial charge in [-0.25, -0.2) is 9.37 Å². The molecule has 7 heteroatoms. The van der Waals surface area contributed by atoms with Gasteiger partial charge in [-0.15, -0.1) is 0 Å². The molecular weight excluding hydrogens is 349 g/mol. The minimum absolute atomic E-state index is 0.300. The molecule has 1 aromatic heterocycles. The number of hydrogen-bond donors (Lipinski definition) is 2. The standard InChI is InChI=1S/C20H18FN3O3/c1-26-17-9-13(10-18(11-17)27-2)20(25)24-19-8-7-16(12-22-19)23-15-5-3-14(21)4-6-15/h3-12,23H,1-2H3,(H,22,24,25). The van der Waals surface area contributed by atoms with Gasteiger partial charge in [0.1, 0.15) is 23.1 Å². The maximum Gasteiger partial charge on any atom is 0.257 e. The van der Waals surface area contributed by atoms with Gasteiger partial charge < -0.3 is 20.1 Å². The number of aromatic nitrogens is 1. The lowest BCUT2D eigenvalue weighted by molar-refractivity contribution is 0.102. The summed E-state index contributed by atoms with van der Waals surface area (Å²) in [5.74, 6) is 0.800. The number of amides is 1. The SMILES string of the molecule is COc1cc(OC)cc(C(=O)Nc2ccc(Nc3ccc(F)cc3)cn2)c1. The molecule has 3 rings (SSSR count). The number of ether oxygens (including phenoxy) is 2. The summed E-state index contributed by atoms with van der Waals surface area (Å²) < 4.78 is 23.3. The predicted octanol–water partition coefficient (Wildman–Crippen LogP) is 4.23. The van der Waals surface area contributed by atoms with Crippen molar-refractivity contribution < 1.29 is 18.7 Å². The molecule has 0 fully saturated rings. The number of nitrogens with one attached hydrogen (secondary N) is 2. The van der Waals surface area contributed by atoms with Crippen molar-refractivity contribution in [1.29, 1.82) is 0 Å². The molecule has 0 spiro atoms. The first-order chi connectivity index (χ1) is 13.1. The zero-order valence-electron chi connectivity index (χ0n) is 14.8. The number of nitrogens with zero attached hydrogens (tertiary/aromatic N) is 1. The summed E-state index contributed by atoms with van der Waals surface area (Å²) in [5, 5.41) is 5.82. The smallest absolute Gasteiger partial charge is 0.257 e. The van der Waals surface area contributed by atoms with Crippen molar-refractivity contribution in [2.24, 2.45) is 0 Å². The molecule has 3 aromatic rings. The van der Waals surface area contributed by atoms with Gasteiger partial charge in [-0.3, -0.25) is 4.79 Å². The highest BCUT2D eigenvalue weighted by Crippen LogP contribution is 2.23. The number of pyridine rings is 1. The molecule has 0 aliphatic carbocycles. The number of carbonyl (C=O) groups is 1. The molecule has 27 heavy (non-hydrogen) atoms. The number of rotatable bonds is 6. The first-order valence-corrected chi connectivity index (χ1v) is 8.10. The van der Waals surface area contributed by atoms with Crippen LogP contribution in [0.3, 0.4) is 0 Å². The van der Waals surface area contributed by atoms with Crippen LogP contribution in [-0.2, 0) is 0 Å². The van der Waals surface area contributed by atoms with Gasteiger partial charge in [0.25, 0.3) is 5.91 Å². The fraction of sp³-hybridized carbons (Fsp3) is 0.100. The molecule has 1 amide bonds. The van der Waals surface area contributed by atoms with Crippen molar-refractivity contribution in [3.8, 4) is 11.5 Å². The molecule has 0 unspecified atom stereocenters. The average Bonchev–Trinajstić information content (AvgIpc) is 2.70. The van der Waals surface area contributed by atoms with E-state index in [9.17, 15) is 9.18 Å². The van der Waals surface area contributed by atoms with Gasteiger partial charge in [0, 0.05) is 17.3 Å².